The number of anilines is 1. The van der Waals surface area contributed by atoms with E-state index in [1.807, 2.05) is 0 Å². The zero-order valence-electron chi connectivity index (χ0n) is 15.1. The van der Waals surface area contributed by atoms with Crippen molar-refractivity contribution in [3.63, 3.8) is 0 Å². The van der Waals surface area contributed by atoms with Gasteiger partial charge >= 0.3 is 0 Å². The molecule has 8 nitrogen and oxygen atoms in total. The third-order valence-corrected chi connectivity index (χ3v) is 7.16. The van der Waals surface area contributed by atoms with Crippen molar-refractivity contribution in [2.45, 2.75) is 15.2 Å². The summed E-state index contributed by atoms with van der Waals surface area (Å²) >= 11 is 8.50. The lowest BCUT2D eigenvalue weighted by molar-refractivity contribution is 0.102. The van der Waals surface area contributed by atoms with Gasteiger partial charge in [-0.25, -0.2) is 22.8 Å². The van der Waals surface area contributed by atoms with Crippen LogP contribution in [0.15, 0.2) is 52.6 Å². The summed E-state index contributed by atoms with van der Waals surface area (Å²) in [5, 5.41) is 9.62. The molecule has 0 saturated carbocycles. The fraction of sp³-hybridized carbons (Fsp3) is 0.118. The maximum absolute atomic E-state index is 13.8. The second-order valence-electron chi connectivity index (χ2n) is 5.63. The molecule has 0 bridgehead atoms. The molecule has 0 aliphatic heterocycles. The van der Waals surface area contributed by atoms with Crippen LogP contribution in [0.3, 0.4) is 0 Å². The molecule has 3 aromatic rings. The number of amides is 1. The monoisotopic (exact) mass is 485 g/mol. The normalized spacial score (nSPS) is 11.3. The molecule has 3 rings (SSSR count). The average Bonchev–Trinajstić information content (AvgIpc) is 3.15. The van der Waals surface area contributed by atoms with E-state index < -0.39 is 32.5 Å². The van der Waals surface area contributed by atoms with Crippen molar-refractivity contribution >= 4 is 55.6 Å². The minimum atomic E-state index is -4.13. The molecular weight excluding hydrogens is 473 g/mol. The Balaban J connectivity index is 1.82. The van der Waals surface area contributed by atoms with E-state index in [1.165, 1.54) is 30.0 Å². The third kappa shape index (κ3) is 5.39. The van der Waals surface area contributed by atoms with E-state index in [0.717, 1.165) is 23.6 Å². The standard InChI is InChI=1S/C17H13ClFN5O3S3/c1-2-7-28-17-24-23-15(29-17)22-14(25)13-11(18)8-20-16(21-13)30(26,27)9-10-5-3-4-6-12(10)19/h2-6,8H,1,7,9H2,(H,22,23,25). The maximum Gasteiger partial charge on any atom is 0.277 e. The van der Waals surface area contributed by atoms with E-state index in [2.05, 4.69) is 32.1 Å². The van der Waals surface area contributed by atoms with Gasteiger partial charge in [0.05, 0.1) is 17.0 Å². The first kappa shape index (κ1) is 22.3. The highest BCUT2D eigenvalue weighted by atomic mass is 35.5. The Labute approximate surface area is 184 Å². The number of carbonyl (C=O) groups is 1. The maximum atomic E-state index is 13.8. The number of rotatable bonds is 8. The SMILES string of the molecule is C=CCSc1nnc(NC(=O)c2nc(S(=O)(=O)Cc3ccccc3F)ncc2Cl)s1. The minimum Gasteiger partial charge on any atom is -0.295 e. The van der Waals surface area contributed by atoms with E-state index in [1.54, 1.807) is 6.08 Å². The molecule has 30 heavy (non-hydrogen) atoms. The van der Waals surface area contributed by atoms with E-state index >= 15 is 0 Å². The van der Waals surface area contributed by atoms with E-state index in [4.69, 9.17) is 11.6 Å². The topological polar surface area (TPSA) is 115 Å². The summed E-state index contributed by atoms with van der Waals surface area (Å²) in [5.41, 5.74) is -0.394. The Hall–Kier alpha value is -2.41. The molecule has 0 aliphatic rings. The molecule has 0 aliphatic carbocycles. The van der Waals surface area contributed by atoms with Gasteiger partial charge in [0.15, 0.2) is 10.0 Å². The molecule has 0 unspecified atom stereocenters. The van der Waals surface area contributed by atoms with Gasteiger partial charge in [-0.05, 0) is 6.07 Å². The number of thioether (sulfide) groups is 1. The first-order chi connectivity index (χ1) is 14.3. The predicted octanol–water partition coefficient (Wildman–Crippen LogP) is 3.62. The molecule has 0 atom stereocenters. The quantitative estimate of drug-likeness (QED) is 0.222. The van der Waals surface area contributed by atoms with Crippen molar-refractivity contribution < 1.29 is 17.6 Å². The van der Waals surface area contributed by atoms with E-state index in [9.17, 15) is 17.6 Å². The van der Waals surface area contributed by atoms with Crippen LogP contribution in [0.1, 0.15) is 16.1 Å². The lowest BCUT2D eigenvalue weighted by Gasteiger charge is -2.07. The van der Waals surface area contributed by atoms with Gasteiger partial charge in [0.1, 0.15) is 5.82 Å². The molecule has 2 aromatic heterocycles. The first-order valence-electron chi connectivity index (χ1n) is 8.17. The summed E-state index contributed by atoms with van der Waals surface area (Å²) in [5.74, 6) is -1.48. The Morgan fingerprint density at radius 3 is 2.83 bits per heavy atom. The van der Waals surface area contributed by atoms with Gasteiger partial charge in [-0.1, -0.05) is 59.0 Å². The number of hydrogen-bond acceptors (Lipinski definition) is 9. The van der Waals surface area contributed by atoms with Crippen LogP contribution in [0.2, 0.25) is 5.02 Å². The van der Waals surface area contributed by atoms with Crippen LogP contribution in [0.25, 0.3) is 0 Å². The van der Waals surface area contributed by atoms with Crippen LogP contribution in [0, 0.1) is 5.82 Å². The number of sulfone groups is 1. The van der Waals surface area contributed by atoms with E-state index in [0.29, 0.717) is 10.1 Å². The first-order valence-corrected chi connectivity index (χ1v) is 12.0. The van der Waals surface area contributed by atoms with Crippen LogP contribution in [0.4, 0.5) is 9.52 Å². The molecule has 0 saturated heterocycles. The summed E-state index contributed by atoms with van der Waals surface area (Å²) in [4.78, 5) is 20.0. The van der Waals surface area contributed by atoms with Crippen LogP contribution in [-0.2, 0) is 15.6 Å². The van der Waals surface area contributed by atoms with Crippen molar-refractivity contribution in [3.05, 3.63) is 65.2 Å². The molecule has 156 valence electrons. The lowest BCUT2D eigenvalue weighted by Crippen LogP contribution is -2.18. The predicted molar refractivity (Wildman–Crippen MR) is 113 cm³/mol. The molecule has 1 aromatic carbocycles. The highest BCUT2D eigenvalue weighted by Gasteiger charge is 2.24. The Morgan fingerprint density at radius 1 is 1.33 bits per heavy atom. The van der Waals surface area contributed by atoms with Crippen LogP contribution in [0.5, 0.6) is 0 Å². The van der Waals surface area contributed by atoms with Gasteiger partial charge in [0, 0.05) is 11.3 Å². The molecular formula is C17H13ClFN5O3S3. The van der Waals surface area contributed by atoms with Gasteiger partial charge in [-0.2, -0.15) is 0 Å². The molecule has 1 N–H and O–H groups in total. The van der Waals surface area contributed by atoms with Crippen LogP contribution >= 0.6 is 34.7 Å². The molecule has 2 heterocycles. The number of hydrogen-bond donors (Lipinski definition) is 1. The fourth-order valence-corrected chi connectivity index (χ4v) is 5.05. The molecule has 1 amide bonds. The van der Waals surface area contributed by atoms with Crippen LogP contribution < -0.4 is 5.32 Å². The summed E-state index contributed by atoms with van der Waals surface area (Å²) in [6.45, 7) is 3.61. The third-order valence-electron chi connectivity index (χ3n) is 3.47. The zero-order valence-corrected chi connectivity index (χ0v) is 18.3. The number of nitrogens with zero attached hydrogens (tertiary/aromatic N) is 4. The summed E-state index contributed by atoms with van der Waals surface area (Å²) in [6, 6.07) is 5.45. The lowest BCUT2D eigenvalue weighted by atomic mass is 10.2. The largest absolute Gasteiger partial charge is 0.295 e. The number of halogens is 2. The van der Waals surface area contributed by atoms with Gasteiger partial charge < -0.3 is 0 Å². The second-order valence-corrected chi connectivity index (χ2v) is 10.2. The zero-order chi connectivity index (χ0) is 21.7. The number of benzene rings is 1. The van der Waals surface area contributed by atoms with Gasteiger partial charge in [0.25, 0.3) is 5.91 Å². The van der Waals surface area contributed by atoms with Crippen molar-refractivity contribution in [1.29, 1.82) is 0 Å². The van der Waals surface area contributed by atoms with Crippen molar-refractivity contribution in [3.8, 4) is 0 Å². The number of nitrogens with one attached hydrogen (secondary N) is 1. The van der Waals surface area contributed by atoms with Gasteiger partial charge in [-0.3, -0.25) is 10.1 Å². The summed E-state index contributed by atoms with van der Waals surface area (Å²) < 4.78 is 39.6. The highest BCUT2D eigenvalue weighted by molar-refractivity contribution is 8.01. The Kier molecular flexibility index (Phi) is 7.13. The Bertz CT molecular complexity index is 1200. The molecule has 0 spiro atoms. The number of aromatic nitrogens is 4. The second kappa shape index (κ2) is 9.60. The fourth-order valence-electron chi connectivity index (χ4n) is 2.15. The smallest absolute Gasteiger partial charge is 0.277 e. The van der Waals surface area contributed by atoms with Gasteiger partial charge in [-0.15, -0.1) is 16.8 Å². The average molecular weight is 486 g/mol. The summed E-state index contributed by atoms with van der Waals surface area (Å²) in [6.07, 6.45) is 2.71. The summed E-state index contributed by atoms with van der Waals surface area (Å²) in [7, 11) is -4.13. The van der Waals surface area contributed by atoms with Crippen molar-refractivity contribution in [2.24, 2.45) is 0 Å². The minimum absolute atomic E-state index is 0.0412. The van der Waals surface area contributed by atoms with Gasteiger partial charge in [0.2, 0.25) is 20.1 Å². The molecule has 0 radical (unpaired) electrons. The highest BCUT2D eigenvalue weighted by Crippen LogP contribution is 2.26. The number of carbonyl (C=O) groups excluding carboxylic acids is 1. The van der Waals surface area contributed by atoms with Crippen molar-refractivity contribution in [1.82, 2.24) is 20.2 Å². The van der Waals surface area contributed by atoms with Crippen molar-refractivity contribution in [2.75, 3.05) is 11.1 Å². The van der Waals surface area contributed by atoms with E-state index in [-0.39, 0.29) is 21.4 Å². The Morgan fingerprint density at radius 2 is 2.10 bits per heavy atom. The molecule has 13 heteroatoms. The molecule has 0 fully saturated rings. The van der Waals surface area contributed by atoms with Crippen LogP contribution in [-0.4, -0.2) is 40.2 Å².